The fourth-order valence-corrected chi connectivity index (χ4v) is 3.79. The molecule has 1 heterocycles. The van der Waals surface area contributed by atoms with Crippen LogP contribution in [-0.4, -0.2) is 37.4 Å². The molecule has 1 N–H and O–H groups in total. The van der Waals surface area contributed by atoms with Crippen LogP contribution in [0.1, 0.15) is 17.0 Å². The molecule has 2 aromatic carbocycles. The van der Waals surface area contributed by atoms with E-state index in [2.05, 4.69) is 22.4 Å². The highest BCUT2D eigenvalue weighted by Gasteiger charge is 2.14. The number of aryl methyl sites for hydroxylation is 1. The third-order valence-corrected chi connectivity index (χ3v) is 5.52. The second-order valence-corrected chi connectivity index (χ2v) is 7.66. The minimum absolute atomic E-state index is 0.0252. The third-order valence-electron chi connectivity index (χ3n) is 4.57. The minimum Gasteiger partial charge on any atom is -0.493 e. The molecule has 6 nitrogen and oxygen atoms in total. The summed E-state index contributed by atoms with van der Waals surface area (Å²) in [7, 11) is 3.19. The summed E-state index contributed by atoms with van der Waals surface area (Å²) in [5, 5.41) is 2.96. The lowest BCUT2D eigenvalue weighted by atomic mass is 10.1. The van der Waals surface area contributed by atoms with Gasteiger partial charge in [0.15, 0.2) is 11.5 Å². The van der Waals surface area contributed by atoms with Crippen LogP contribution in [0.4, 0.5) is 0 Å². The van der Waals surface area contributed by atoms with E-state index in [9.17, 15) is 4.79 Å². The van der Waals surface area contributed by atoms with E-state index >= 15 is 0 Å². The topological polar surface area (TPSA) is 73.6 Å². The average molecular weight is 427 g/mol. The molecule has 0 radical (unpaired) electrons. The van der Waals surface area contributed by atoms with Crippen molar-refractivity contribution in [2.24, 2.45) is 0 Å². The molecule has 0 aliphatic carbocycles. The normalized spacial score (nSPS) is 10.6. The van der Waals surface area contributed by atoms with Crippen molar-refractivity contribution in [2.45, 2.75) is 19.1 Å². The van der Waals surface area contributed by atoms with Crippen LogP contribution in [0.2, 0.25) is 0 Å². The van der Waals surface area contributed by atoms with Crippen LogP contribution >= 0.6 is 11.8 Å². The Kier molecular flexibility index (Phi) is 7.79. The molecule has 30 heavy (non-hydrogen) atoms. The van der Waals surface area contributed by atoms with E-state index < -0.39 is 0 Å². The first-order chi connectivity index (χ1) is 14.6. The molecular weight excluding hydrogens is 400 g/mol. The first kappa shape index (κ1) is 21.8. The number of nitrogens with one attached hydrogen (secondary N) is 1. The maximum absolute atomic E-state index is 12.1. The highest BCUT2D eigenvalue weighted by Crippen LogP contribution is 2.33. The largest absolute Gasteiger partial charge is 0.493 e. The number of nitrogens with zero attached hydrogens (tertiary/aromatic N) is 1. The quantitative estimate of drug-likeness (QED) is 0.522. The smallest absolute Gasteiger partial charge is 0.230 e. The molecule has 3 aromatic rings. The number of aromatic nitrogens is 1. The van der Waals surface area contributed by atoms with Gasteiger partial charge in [-0.3, -0.25) is 4.79 Å². The summed E-state index contributed by atoms with van der Waals surface area (Å²) < 4.78 is 16.4. The molecule has 0 saturated carbocycles. The molecule has 0 saturated heterocycles. The van der Waals surface area contributed by atoms with Gasteiger partial charge in [-0.15, -0.1) is 11.8 Å². The summed E-state index contributed by atoms with van der Waals surface area (Å²) >= 11 is 1.52. The lowest BCUT2D eigenvalue weighted by Crippen LogP contribution is -2.27. The van der Waals surface area contributed by atoms with E-state index in [0.29, 0.717) is 35.4 Å². The van der Waals surface area contributed by atoms with Gasteiger partial charge in [0.1, 0.15) is 5.76 Å². The Bertz CT molecular complexity index is 973. The highest BCUT2D eigenvalue weighted by molar-refractivity contribution is 7.99. The van der Waals surface area contributed by atoms with Gasteiger partial charge in [0.2, 0.25) is 11.8 Å². The molecule has 7 heteroatoms. The van der Waals surface area contributed by atoms with E-state index in [4.69, 9.17) is 13.9 Å². The Morgan fingerprint density at radius 1 is 1.10 bits per heavy atom. The Labute approximate surface area is 181 Å². The van der Waals surface area contributed by atoms with Gasteiger partial charge >= 0.3 is 0 Å². The number of thioether (sulfide) groups is 1. The van der Waals surface area contributed by atoms with Crippen LogP contribution in [0.25, 0.3) is 11.5 Å². The monoisotopic (exact) mass is 426 g/mol. The van der Waals surface area contributed by atoms with Gasteiger partial charge < -0.3 is 19.2 Å². The zero-order valence-corrected chi connectivity index (χ0v) is 18.3. The maximum atomic E-state index is 12.1. The van der Waals surface area contributed by atoms with Crippen LogP contribution in [-0.2, 0) is 17.0 Å². The molecule has 3 rings (SSSR count). The number of hydrogen-bond acceptors (Lipinski definition) is 6. The highest BCUT2D eigenvalue weighted by atomic mass is 32.2. The molecule has 0 spiro atoms. The zero-order chi connectivity index (χ0) is 21.3. The van der Waals surface area contributed by atoms with Crippen LogP contribution in [0.3, 0.4) is 0 Å². The van der Waals surface area contributed by atoms with E-state index in [1.165, 1.54) is 17.3 Å². The summed E-state index contributed by atoms with van der Waals surface area (Å²) in [4.78, 5) is 16.7. The van der Waals surface area contributed by atoms with E-state index in [1.54, 1.807) is 14.2 Å². The van der Waals surface area contributed by atoms with Crippen LogP contribution in [0.5, 0.6) is 11.5 Å². The number of benzene rings is 2. The molecule has 1 aromatic heterocycles. The predicted octanol–water partition coefficient (Wildman–Crippen LogP) is 4.26. The number of ether oxygens (including phenoxy) is 2. The van der Waals surface area contributed by atoms with Crippen molar-refractivity contribution in [3.63, 3.8) is 0 Å². The van der Waals surface area contributed by atoms with Crippen molar-refractivity contribution < 1.29 is 18.7 Å². The SMILES string of the molecule is COc1ccc(-c2nc(CSCC(=O)NCCc3ccccc3)c(C)o2)cc1OC. The van der Waals surface area contributed by atoms with Crippen LogP contribution in [0, 0.1) is 6.92 Å². The van der Waals surface area contributed by atoms with Gasteiger partial charge in [-0.05, 0) is 37.1 Å². The number of rotatable bonds is 10. The molecule has 0 atom stereocenters. The number of methoxy groups -OCH3 is 2. The summed E-state index contributed by atoms with van der Waals surface area (Å²) in [6.07, 6.45) is 0.828. The molecule has 0 aliphatic heterocycles. The first-order valence-corrected chi connectivity index (χ1v) is 10.8. The number of hydrogen-bond donors (Lipinski definition) is 1. The van der Waals surface area contributed by atoms with Crippen molar-refractivity contribution in [1.82, 2.24) is 10.3 Å². The van der Waals surface area contributed by atoms with Crippen molar-refractivity contribution in [3.8, 4) is 23.0 Å². The number of oxazole rings is 1. The van der Waals surface area contributed by atoms with Crippen molar-refractivity contribution in [2.75, 3.05) is 26.5 Å². The summed E-state index contributed by atoms with van der Waals surface area (Å²) in [5.74, 6) is 3.56. The van der Waals surface area contributed by atoms with Gasteiger partial charge in [0, 0.05) is 17.9 Å². The summed E-state index contributed by atoms with van der Waals surface area (Å²) in [6, 6.07) is 15.6. The van der Waals surface area contributed by atoms with Gasteiger partial charge in [-0.1, -0.05) is 30.3 Å². The zero-order valence-electron chi connectivity index (χ0n) is 17.4. The first-order valence-electron chi connectivity index (χ1n) is 9.67. The predicted molar refractivity (Wildman–Crippen MR) is 119 cm³/mol. The second kappa shape index (κ2) is 10.7. The van der Waals surface area contributed by atoms with Crippen LogP contribution < -0.4 is 14.8 Å². The van der Waals surface area contributed by atoms with Gasteiger partial charge in [-0.2, -0.15) is 0 Å². The number of amides is 1. The van der Waals surface area contributed by atoms with Crippen LogP contribution in [0.15, 0.2) is 52.9 Å². The van der Waals surface area contributed by atoms with Gasteiger partial charge in [0.05, 0.1) is 25.7 Å². The number of carbonyl (C=O) groups is 1. The fraction of sp³-hybridized carbons (Fsp3) is 0.304. The summed E-state index contributed by atoms with van der Waals surface area (Å²) in [6.45, 7) is 2.52. The standard InChI is InChI=1S/C23H26N2O4S/c1-16-19(14-30-15-22(26)24-12-11-17-7-5-4-6-8-17)25-23(29-16)18-9-10-20(27-2)21(13-18)28-3/h4-10,13H,11-12,14-15H2,1-3H3,(H,24,26). The van der Waals surface area contributed by atoms with Crippen molar-refractivity contribution in [1.29, 1.82) is 0 Å². The Morgan fingerprint density at radius 3 is 2.60 bits per heavy atom. The molecule has 0 fully saturated rings. The van der Waals surface area contributed by atoms with Gasteiger partial charge in [0.25, 0.3) is 0 Å². The van der Waals surface area contributed by atoms with Crippen molar-refractivity contribution >= 4 is 17.7 Å². The second-order valence-electron chi connectivity index (χ2n) is 6.67. The van der Waals surface area contributed by atoms with Gasteiger partial charge in [-0.25, -0.2) is 4.98 Å². The lowest BCUT2D eigenvalue weighted by molar-refractivity contribution is -0.118. The molecule has 0 aliphatic rings. The lowest BCUT2D eigenvalue weighted by Gasteiger charge is -2.07. The molecular formula is C23H26N2O4S. The third kappa shape index (κ3) is 5.79. The molecule has 158 valence electrons. The fourth-order valence-electron chi connectivity index (χ4n) is 2.94. The summed E-state index contributed by atoms with van der Waals surface area (Å²) in [5.41, 5.74) is 2.86. The Hall–Kier alpha value is -2.93. The van der Waals surface area contributed by atoms with Crippen molar-refractivity contribution in [3.05, 3.63) is 65.5 Å². The Balaban J connectivity index is 1.49. The van der Waals surface area contributed by atoms with E-state index in [-0.39, 0.29) is 5.91 Å². The van der Waals surface area contributed by atoms with E-state index in [1.807, 2.05) is 43.3 Å². The average Bonchev–Trinajstić information content (AvgIpc) is 3.14. The molecule has 0 unspecified atom stereocenters. The number of carbonyl (C=O) groups excluding carboxylic acids is 1. The molecule has 0 bridgehead atoms. The Morgan fingerprint density at radius 2 is 1.87 bits per heavy atom. The maximum Gasteiger partial charge on any atom is 0.230 e. The molecule has 1 amide bonds. The minimum atomic E-state index is 0.0252. The van der Waals surface area contributed by atoms with E-state index in [0.717, 1.165) is 23.4 Å².